The highest BCUT2D eigenvalue weighted by molar-refractivity contribution is 6.30. The number of aliphatic carboxylic acids is 2. The van der Waals surface area contributed by atoms with Gasteiger partial charge < -0.3 is 19.7 Å². The average molecular weight is 407 g/mol. The van der Waals surface area contributed by atoms with Crippen LogP contribution in [0.3, 0.4) is 0 Å². The van der Waals surface area contributed by atoms with Crippen LogP contribution in [0, 0.1) is 0 Å². The molecule has 2 rings (SSSR count). The quantitative estimate of drug-likeness (QED) is 0.461. The van der Waals surface area contributed by atoms with Crippen molar-refractivity contribution in [2.24, 2.45) is 5.10 Å². The van der Waals surface area contributed by atoms with Crippen LogP contribution in [0.1, 0.15) is 11.1 Å². The van der Waals surface area contributed by atoms with E-state index < -0.39 is 25.0 Å². The molecule has 0 bridgehead atoms. The van der Waals surface area contributed by atoms with Crippen LogP contribution in [0.2, 0.25) is 5.02 Å². The van der Waals surface area contributed by atoms with Gasteiger partial charge in [0, 0.05) is 5.02 Å². The van der Waals surface area contributed by atoms with Gasteiger partial charge in [-0.3, -0.25) is 14.6 Å². The number of rotatable bonds is 10. The highest BCUT2D eigenvalue weighted by atomic mass is 35.5. The predicted octanol–water partition coefficient (Wildman–Crippen LogP) is 2.73. The Labute approximate surface area is 166 Å². The summed E-state index contributed by atoms with van der Waals surface area (Å²) in [5.41, 5.74) is 1.49. The minimum Gasteiger partial charge on any atom is -0.493 e. The van der Waals surface area contributed by atoms with E-state index in [1.807, 2.05) is 12.1 Å². The lowest BCUT2D eigenvalue weighted by Gasteiger charge is -2.14. The molecule has 8 nitrogen and oxygen atoms in total. The first-order valence-corrected chi connectivity index (χ1v) is 8.53. The lowest BCUT2D eigenvalue weighted by Crippen LogP contribution is -2.30. The number of carbonyl (C=O) groups is 2. The number of ether oxygens (including phenoxy) is 2. The van der Waals surface area contributed by atoms with Crippen molar-refractivity contribution in [3.8, 4) is 11.5 Å². The molecule has 0 amide bonds. The molecule has 0 fully saturated rings. The maximum atomic E-state index is 10.8. The second-order valence-electron chi connectivity index (χ2n) is 5.68. The highest BCUT2D eigenvalue weighted by Crippen LogP contribution is 2.28. The standard InChI is InChI=1S/C19H19ClN2O6/c1-27-17-8-13(9-21-22(10-18(23)24)11-19(25)26)5-6-16(17)28-12-14-3-2-4-15(20)7-14/h2-9H,10-12H2,1H3,(H,23,24)(H,25,26)/b21-9-. The van der Waals surface area contributed by atoms with Gasteiger partial charge in [-0.25, -0.2) is 0 Å². The molecule has 0 spiro atoms. The Bertz CT molecular complexity index is 855. The van der Waals surface area contributed by atoms with Crippen molar-refractivity contribution in [3.05, 3.63) is 58.6 Å². The Hall–Kier alpha value is -3.26. The molecule has 2 N–H and O–H groups in total. The summed E-state index contributed by atoms with van der Waals surface area (Å²) in [5, 5.41) is 23.1. The van der Waals surface area contributed by atoms with Crippen LogP contribution in [-0.4, -0.2) is 53.6 Å². The zero-order valence-electron chi connectivity index (χ0n) is 15.0. The fraction of sp³-hybridized carbons (Fsp3) is 0.211. The van der Waals surface area contributed by atoms with Crippen LogP contribution >= 0.6 is 11.6 Å². The number of methoxy groups -OCH3 is 1. The number of hydrogen-bond donors (Lipinski definition) is 2. The Kier molecular flexibility index (Phi) is 7.65. The molecule has 0 radical (unpaired) electrons. The van der Waals surface area contributed by atoms with Crippen molar-refractivity contribution in [2.75, 3.05) is 20.2 Å². The Morgan fingerprint density at radius 2 is 1.82 bits per heavy atom. The van der Waals surface area contributed by atoms with Crippen molar-refractivity contribution < 1.29 is 29.3 Å². The summed E-state index contributed by atoms with van der Waals surface area (Å²) in [6.45, 7) is -0.753. The molecule has 0 heterocycles. The van der Waals surface area contributed by atoms with E-state index in [0.29, 0.717) is 28.7 Å². The van der Waals surface area contributed by atoms with Crippen molar-refractivity contribution in [2.45, 2.75) is 6.61 Å². The van der Waals surface area contributed by atoms with Crippen LogP contribution in [0.4, 0.5) is 0 Å². The van der Waals surface area contributed by atoms with E-state index in [2.05, 4.69) is 5.10 Å². The molecule has 9 heteroatoms. The third-order valence-corrected chi connectivity index (χ3v) is 3.71. The smallest absolute Gasteiger partial charge is 0.324 e. The summed E-state index contributed by atoms with van der Waals surface area (Å²) in [4.78, 5) is 21.6. The zero-order chi connectivity index (χ0) is 20.5. The normalized spacial score (nSPS) is 10.6. The monoisotopic (exact) mass is 406 g/mol. The fourth-order valence-corrected chi connectivity index (χ4v) is 2.48. The fourth-order valence-electron chi connectivity index (χ4n) is 2.27. The molecule has 28 heavy (non-hydrogen) atoms. The minimum atomic E-state index is -1.18. The molecule has 0 aliphatic rings. The van der Waals surface area contributed by atoms with Gasteiger partial charge in [-0.15, -0.1) is 0 Å². The summed E-state index contributed by atoms with van der Waals surface area (Å²) in [6.07, 6.45) is 1.36. The van der Waals surface area contributed by atoms with E-state index in [4.69, 9.17) is 31.3 Å². The van der Waals surface area contributed by atoms with E-state index in [1.54, 1.807) is 30.3 Å². The molecule has 0 atom stereocenters. The van der Waals surface area contributed by atoms with Crippen LogP contribution in [0.15, 0.2) is 47.6 Å². The van der Waals surface area contributed by atoms with Crippen LogP contribution in [0.5, 0.6) is 11.5 Å². The van der Waals surface area contributed by atoms with Gasteiger partial charge >= 0.3 is 11.9 Å². The van der Waals surface area contributed by atoms with E-state index in [0.717, 1.165) is 10.6 Å². The van der Waals surface area contributed by atoms with Crippen molar-refractivity contribution in [1.82, 2.24) is 5.01 Å². The Morgan fingerprint density at radius 1 is 1.11 bits per heavy atom. The molecule has 0 aromatic heterocycles. The number of hydrogen-bond acceptors (Lipinski definition) is 6. The Balaban J connectivity index is 2.10. The molecule has 148 valence electrons. The van der Waals surface area contributed by atoms with E-state index in [-0.39, 0.29) is 0 Å². The number of halogens is 1. The maximum absolute atomic E-state index is 10.8. The van der Waals surface area contributed by atoms with Gasteiger partial charge in [-0.1, -0.05) is 23.7 Å². The summed E-state index contributed by atoms with van der Waals surface area (Å²) in [6, 6.07) is 12.3. The topological polar surface area (TPSA) is 109 Å². The van der Waals surface area contributed by atoms with Gasteiger partial charge in [0.1, 0.15) is 19.7 Å². The minimum absolute atomic E-state index is 0.301. The highest BCUT2D eigenvalue weighted by Gasteiger charge is 2.11. The first kappa shape index (κ1) is 21.0. The lowest BCUT2D eigenvalue weighted by molar-refractivity contribution is -0.141. The van der Waals surface area contributed by atoms with E-state index in [9.17, 15) is 9.59 Å². The average Bonchev–Trinajstić information content (AvgIpc) is 2.64. The summed E-state index contributed by atoms with van der Waals surface area (Å²) in [5.74, 6) is -1.40. The van der Waals surface area contributed by atoms with Gasteiger partial charge in [0.15, 0.2) is 11.5 Å². The first-order chi connectivity index (χ1) is 13.4. The second kappa shape index (κ2) is 10.2. The molecule has 0 saturated heterocycles. The van der Waals surface area contributed by atoms with Crippen LogP contribution in [-0.2, 0) is 16.2 Å². The number of benzene rings is 2. The summed E-state index contributed by atoms with van der Waals surface area (Å²) < 4.78 is 11.1. The molecule has 0 aliphatic heterocycles. The SMILES string of the molecule is COc1cc(/C=N\N(CC(=O)O)CC(=O)O)ccc1OCc1cccc(Cl)c1. The molecule has 2 aromatic rings. The van der Waals surface area contributed by atoms with Crippen molar-refractivity contribution in [1.29, 1.82) is 0 Å². The number of hydrazone groups is 1. The van der Waals surface area contributed by atoms with Crippen LogP contribution in [0.25, 0.3) is 0 Å². The lowest BCUT2D eigenvalue weighted by atomic mass is 10.2. The zero-order valence-corrected chi connectivity index (χ0v) is 15.8. The summed E-state index contributed by atoms with van der Waals surface area (Å²) in [7, 11) is 1.49. The van der Waals surface area contributed by atoms with E-state index >= 15 is 0 Å². The van der Waals surface area contributed by atoms with Gasteiger partial charge in [0.2, 0.25) is 0 Å². The third-order valence-electron chi connectivity index (χ3n) is 3.48. The van der Waals surface area contributed by atoms with Crippen molar-refractivity contribution in [3.63, 3.8) is 0 Å². The largest absolute Gasteiger partial charge is 0.493 e. The van der Waals surface area contributed by atoms with Gasteiger partial charge in [0.25, 0.3) is 0 Å². The predicted molar refractivity (Wildman–Crippen MR) is 103 cm³/mol. The van der Waals surface area contributed by atoms with Gasteiger partial charge in [-0.05, 0) is 41.5 Å². The molecule has 0 aliphatic carbocycles. The molecule has 2 aromatic carbocycles. The second-order valence-corrected chi connectivity index (χ2v) is 6.12. The van der Waals surface area contributed by atoms with Crippen molar-refractivity contribution >= 4 is 29.8 Å². The number of nitrogens with zero attached hydrogens (tertiary/aromatic N) is 2. The number of carboxylic acids is 2. The molecular weight excluding hydrogens is 388 g/mol. The third kappa shape index (κ3) is 6.81. The maximum Gasteiger partial charge on any atom is 0.324 e. The molecule has 0 unspecified atom stereocenters. The van der Waals surface area contributed by atoms with Gasteiger partial charge in [0.05, 0.1) is 13.3 Å². The first-order valence-electron chi connectivity index (χ1n) is 8.15. The van der Waals surface area contributed by atoms with E-state index in [1.165, 1.54) is 13.3 Å². The Morgan fingerprint density at radius 3 is 2.43 bits per heavy atom. The van der Waals surface area contributed by atoms with Crippen LogP contribution < -0.4 is 9.47 Å². The molecular formula is C19H19ClN2O6. The summed E-state index contributed by atoms with van der Waals surface area (Å²) >= 11 is 5.96. The van der Waals surface area contributed by atoms with Gasteiger partial charge in [-0.2, -0.15) is 5.10 Å². The number of carboxylic acid groups (broad SMARTS) is 2. The molecule has 0 saturated carbocycles.